The Morgan fingerprint density at radius 1 is 1.29 bits per heavy atom. The number of hydrogen-bond donors (Lipinski definition) is 0. The van der Waals surface area contributed by atoms with Crippen molar-refractivity contribution in [2.24, 2.45) is 5.92 Å². The van der Waals surface area contributed by atoms with Crippen molar-refractivity contribution in [3.05, 3.63) is 35.4 Å². The van der Waals surface area contributed by atoms with Crippen molar-refractivity contribution in [1.82, 2.24) is 0 Å². The second-order valence-corrected chi connectivity index (χ2v) is 4.88. The summed E-state index contributed by atoms with van der Waals surface area (Å²) in [4.78, 5) is 11.3. The van der Waals surface area contributed by atoms with E-state index < -0.39 is 0 Å². The molecule has 2 nitrogen and oxygen atoms in total. The number of hydrogen-bond acceptors (Lipinski definition) is 2. The topological polar surface area (TPSA) is 26.3 Å². The molecule has 17 heavy (non-hydrogen) atoms. The first-order valence-corrected chi connectivity index (χ1v) is 6.47. The third-order valence-corrected chi connectivity index (χ3v) is 3.68. The summed E-state index contributed by atoms with van der Waals surface area (Å²) in [6, 6.07) is 7.77. The Balaban J connectivity index is 1.78. The lowest BCUT2D eigenvalue weighted by molar-refractivity contribution is 0.0600. The predicted octanol–water partition coefficient (Wildman–Crippen LogP) is 3.60. The molecule has 1 aliphatic carbocycles. The highest BCUT2D eigenvalue weighted by Crippen LogP contribution is 2.30. The molecule has 0 saturated heterocycles. The second kappa shape index (κ2) is 5.85. The molecule has 0 N–H and O–H groups in total. The fourth-order valence-electron chi connectivity index (χ4n) is 2.30. The molecular formula is C15H20O2. The van der Waals surface area contributed by atoms with E-state index in [1.807, 2.05) is 24.3 Å². The summed E-state index contributed by atoms with van der Waals surface area (Å²) in [6.45, 7) is 0. The number of carbonyl (C=O) groups is 1. The van der Waals surface area contributed by atoms with Gasteiger partial charge < -0.3 is 4.74 Å². The van der Waals surface area contributed by atoms with Gasteiger partial charge in [-0.15, -0.1) is 0 Å². The summed E-state index contributed by atoms with van der Waals surface area (Å²) >= 11 is 0. The molecule has 2 rings (SSSR count). The van der Waals surface area contributed by atoms with Crippen LogP contribution in [0, 0.1) is 5.92 Å². The monoisotopic (exact) mass is 232 g/mol. The van der Waals surface area contributed by atoms with E-state index >= 15 is 0 Å². The minimum Gasteiger partial charge on any atom is -0.465 e. The number of benzene rings is 1. The first kappa shape index (κ1) is 12.2. The molecule has 0 heterocycles. The van der Waals surface area contributed by atoms with Crippen molar-refractivity contribution in [2.45, 2.75) is 38.5 Å². The summed E-state index contributed by atoms with van der Waals surface area (Å²) in [5.41, 5.74) is 1.95. The highest BCUT2D eigenvalue weighted by atomic mass is 16.5. The maximum atomic E-state index is 11.3. The van der Waals surface area contributed by atoms with Gasteiger partial charge in [0.25, 0.3) is 0 Å². The Hall–Kier alpha value is -1.31. The number of carbonyl (C=O) groups excluding carboxylic acids is 1. The van der Waals surface area contributed by atoms with E-state index in [1.165, 1.54) is 44.8 Å². The van der Waals surface area contributed by atoms with Gasteiger partial charge in [0.2, 0.25) is 0 Å². The highest BCUT2D eigenvalue weighted by Gasteiger charge is 2.16. The third-order valence-electron chi connectivity index (χ3n) is 3.68. The standard InChI is InChI=1S/C15H20O2/c1-17-15(16)14-10-8-13(9-11-14)7-3-6-12-4-2-5-12/h8-12H,2-7H2,1H3. The van der Waals surface area contributed by atoms with Crippen molar-refractivity contribution in [1.29, 1.82) is 0 Å². The van der Waals surface area contributed by atoms with Crippen LogP contribution in [-0.2, 0) is 11.2 Å². The lowest BCUT2D eigenvalue weighted by Crippen LogP contribution is -2.10. The van der Waals surface area contributed by atoms with Crippen LogP contribution in [0.1, 0.15) is 48.0 Å². The molecule has 0 bridgehead atoms. The molecule has 0 aliphatic heterocycles. The zero-order chi connectivity index (χ0) is 12.1. The molecule has 1 fully saturated rings. The Morgan fingerprint density at radius 2 is 2.00 bits per heavy atom. The molecule has 0 aromatic heterocycles. The van der Waals surface area contributed by atoms with E-state index in [2.05, 4.69) is 4.74 Å². The van der Waals surface area contributed by atoms with E-state index in [4.69, 9.17) is 0 Å². The van der Waals surface area contributed by atoms with Crippen LogP contribution in [-0.4, -0.2) is 13.1 Å². The summed E-state index contributed by atoms with van der Waals surface area (Å²) in [5.74, 6) is 0.732. The number of esters is 1. The zero-order valence-electron chi connectivity index (χ0n) is 10.4. The molecule has 1 aliphatic rings. The largest absolute Gasteiger partial charge is 0.465 e. The maximum Gasteiger partial charge on any atom is 0.337 e. The Bertz CT molecular complexity index is 363. The van der Waals surface area contributed by atoms with Crippen LogP contribution < -0.4 is 0 Å². The first-order valence-electron chi connectivity index (χ1n) is 6.47. The molecule has 1 aromatic carbocycles. The van der Waals surface area contributed by atoms with E-state index in [-0.39, 0.29) is 5.97 Å². The first-order chi connectivity index (χ1) is 8.29. The number of rotatable bonds is 5. The van der Waals surface area contributed by atoms with Gasteiger partial charge in [-0.25, -0.2) is 4.79 Å². The van der Waals surface area contributed by atoms with Crippen LogP contribution in [0.4, 0.5) is 0 Å². The van der Waals surface area contributed by atoms with Crippen molar-refractivity contribution in [3.8, 4) is 0 Å². The Morgan fingerprint density at radius 3 is 2.53 bits per heavy atom. The van der Waals surface area contributed by atoms with Gasteiger partial charge in [-0.3, -0.25) is 0 Å². The van der Waals surface area contributed by atoms with Crippen LogP contribution in [0.2, 0.25) is 0 Å². The SMILES string of the molecule is COC(=O)c1ccc(CCCC2CCC2)cc1. The third kappa shape index (κ3) is 3.32. The van der Waals surface area contributed by atoms with Crippen molar-refractivity contribution >= 4 is 5.97 Å². The van der Waals surface area contributed by atoms with Crippen LogP contribution in [0.3, 0.4) is 0 Å². The summed E-state index contributed by atoms with van der Waals surface area (Å²) in [7, 11) is 1.41. The smallest absolute Gasteiger partial charge is 0.337 e. The second-order valence-electron chi connectivity index (χ2n) is 4.88. The summed E-state index contributed by atoms with van der Waals surface area (Å²) in [6.07, 6.45) is 8.04. The van der Waals surface area contributed by atoms with Crippen molar-refractivity contribution < 1.29 is 9.53 Å². The van der Waals surface area contributed by atoms with Crippen molar-refractivity contribution in [2.75, 3.05) is 7.11 Å². The van der Waals surface area contributed by atoms with E-state index in [0.717, 1.165) is 12.3 Å². The molecule has 1 aromatic rings. The molecule has 0 atom stereocenters. The average Bonchev–Trinajstić information content (AvgIpc) is 2.32. The van der Waals surface area contributed by atoms with Gasteiger partial charge in [0.15, 0.2) is 0 Å². The van der Waals surface area contributed by atoms with Crippen LogP contribution in [0.25, 0.3) is 0 Å². The van der Waals surface area contributed by atoms with Crippen LogP contribution in [0.15, 0.2) is 24.3 Å². The minimum absolute atomic E-state index is 0.258. The molecule has 1 saturated carbocycles. The fraction of sp³-hybridized carbons (Fsp3) is 0.533. The lowest BCUT2D eigenvalue weighted by atomic mass is 9.81. The van der Waals surface area contributed by atoms with Gasteiger partial charge in [0, 0.05) is 0 Å². The predicted molar refractivity (Wildman–Crippen MR) is 68.1 cm³/mol. The molecule has 0 spiro atoms. The molecule has 2 heteroatoms. The van der Waals surface area contributed by atoms with Gasteiger partial charge in [-0.05, 0) is 36.5 Å². The number of methoxy groups -OCH3 is 1. The summed E-state index contributed by atoms with van der Waals surface area (Å²) < 4.78 is 4.67. The van der Waals surface area contributed by atoms with Crippen LogP contribution >= 0.6 is 0 Å². The fourth-order valence-corrected chi connectivity index (χ4v) is 2.30. The minimum atomic E-state index is -0.258. The van der Waals surface area contributed by atoms with Gasteiger partial charge in [-0.1, -0.05) is 37.8 Å². The van der Waals surface area contributed by atoms with Crippen LogP contribution in [0.5, 0.6) is 0 Å². The van der Waals surface area contributed by atoms with E-state index in [1.54, 1.807) is 0 Å². The maximum absolute atomic E-state index is 11.3. The van der Waals surface area contributed by atoms with Gasteiger partial charge in [0.05, 0.1) is 12.7 Å². The average molecular weight is 232 g/mol. The number of aryl methyl sites for hydroxylation is 1. The Labute approximate surface area is 103 Å². The molecular weight excluding hydrogens is 212 g/mol. The normalized spacial score (nSPS) is 15.4. The van der Waals surface area contributed by atoms with Crippen molar-refractivity contribution in [3.63, 3.8) is 0 Å². The van der Waals surface area contributed by atoms with Gasteiger partial charge in [-0.2, -0.15) is 0 Å². The molecule has 0 unspecified atom stereocenters. The summed E-state index contributed by atoms with van der Waals surface area (Å²) in [5, 5.41) is 0. The molecule has 0 radical (unpaired) electrons. The highest BCUT2D eigenvalue weighted by molar-refractivity contribution is 5.89. The van der Waals surface area contributed by atoms with E-state index in [0.29, 0.717) is 5.56 Å². The van der Waals surface area contributed by atoms with E-state index in [9.17, 15) is 4.79 Å². The Kier molecular flexibility index (Phi) is 4.18. The van der Waals surface area contributed by atoms with Gasteiger partial charge in [0.1, 0.15) is 0 Å². The quantitative estimate of drug-likeness (QED) is 0.725. The lowest BCUT2D eigenvalue weighted by Gasteiger charge is -2.24. The molecule has 0 amide bonds. The molecule has 92 valence electrons. The zero-order valence-corrected chi connectivity index (χ0v) is 10.4. The number of ether oxygens (including phenoxy) is 1. The van der Waals surface area contributed by atoms with Gasteiger partial charge >= 0.3 is 5.97 Å².